The minimum Gasteiger partial charge on any atom is -0.467 e. The average Bonchev–Trinajstić information content (AvgIpc) is 3.23. The first-order chi connectivity index (χ1) is 12.1. The topological polar surface area (TPSA) is 105 Å². The Morgan fingerprint density at radius 2 is 2.08 bits per heavy atom. The third-order valence-electron chi connectivity index (χ3n) is 3.90. The molecule has 2 aromatic heterocycles. The van der Waals surface area contributed by atoms with Gasteiger partial charge in [0.1, 0.15) is 11.8 Å². The predicted octanol–water partition coefficient (Wildman–Crippen LogP) is 1.19. The van der Waals surface area contributed by atoms with Gasteiger partial charge in [0.25, 0.3) is 5.91 Å². The lowest BCUT2D eigenvalue weighted by atomic mass is 10.1. The molecule has 8 heteroatoms. The van der Waals surface area contributed by atoms with Crippen molar-refractivity contribution in [3.63, 3.8) is 0 Å². The fourth-order valence-electron chi connectivity index (χ4n) is 2.55. The van der Waals surface area contributed by atoms with E-state index >= 15 is 0 Å². The summed E-state index contributed by atoms with van der Waals surface area (Å²) in [5.41, 5.74) is 0.943. The van der Waals surface area contributed by atoms with Gasteiger partial charge in [-0.1, -0.05) is 0 Å². The molecule has 0 saturated carbocycles. The highest BCUT2D eigenvalue weighted by molar-refractivity contribution is 6.04. The molecule has 1 atom stereocenters. The van der Waals surface area contributed by atoms with Crippen molar-refractivity contribution < 1.29 is 18.8 Å². The van der Waals surface area contributed by atoms with E-state index in [1.807, 2.05) is 12.1 Å². The summed E-state index contributed by atoms with van der Waals surface area (Å²) in [6, 6.07) is 5.86. The Morgan fingerprint density at radius 1 is 1.28 bits per heavy atom. The molecule has 3 rings (SSSR count). The zero-order chi connectivity index (χ0) is 17.6. The van der Waals surface area contributed by atoms with Crippen LogP contribution in [-0.4, -0.2) is 33.8 Å². The first-order valence-corrected chi connectivity index (χ1v) is 7.93. The van der Waals surface area contributed by atoms with Crippen molar-refractivity contribution in [2.75, 3.05) is 0 Å². The molecule has 25 heavy (non-hydrogen) atoms. The normalized spacial score (nSPS) is 16.8. The van der Waals surface area contributed by atoms with Crippen molar-refractivity contribution in [1.82, 2.24) is 20.5 Å². The van der Waals surface area contributed by atoms with Crippen molar-refractivity contribution in [2.45, 2.75) is 32.0 Å². The molecule has 1 aliphatic rings. The molecule has 1 saturated heterocycles. The highest BCUT2D eigenvalue weighted by atomic mass is 16.3. The molecular weight excluding hydrogens is 324 g/mol. The molecule has 1 fully saturated rings. The molecule has 1 aliphatic heterocycles. The van der Waals surface area contributed by atoms with Gasteiger partial charge in [0, 0.05) is 25.4 Å². The Morgan fingerprint density at radius 3 is 2.80 bits per heavy atom. The second kappa shape index (κ2) is 7.61. The van der Waals surface area contributed by atoms with E-state index in [-0.39, 0.29) is 31.2 Å². The van der Waals surface area contributed by atoms with Crippen LogP contribution in [0.15, 0.2) is 47.3 Å². The Hall–Kier alpha value is -3.16. The first kappa shape index (κ1) is 16.7. The summed E-state index contributed by atoms with van der Waals surface area (Å²) in [4.78, 5) is 41.1. The molecule has 0 unspecified atom stereocenters. The summed E-state index contributed by atoms with van der Waals surface area (Å²) in [5.74, 6) is 0.00548. The number of pyridine rings is 1. The lowest BCUT2D eigenvalue weighted by molar-refractivity contribution is -0.128. The fraction of sp³-hybridized carbons (Fsp3) is 0.294. The zero-order valence-corrected chi connectivity index (χ0v) is 13.5. The number of furan rings is 1. The maximum Gasteiger partial charge on any atom is 0.325 e. The van der Waals surface area contributed by atoms with E-state index in [1.54, 1.807) is 24.5 Å². The molecule has 3 heterocycles. The van der Waals surface area contributed by atoms with Crippen LogP contribution in [0, 0.1) is 0 Å². The highest BCUT2D eigenvalue weighted by Crippen LogP contribution is 2.15. The SMILES string of the molecule is O=C(CC[C@H]1NC(=O)N(Cc2ccco2)C1=O)NCc1ccncc1. The summed E-state index contributed by atoms with van der Waals surface area (Å²) in [6.07, 6.45) is 5.19. The number of imide groups is 1. The Kier molecular flexibility index (Phi) is 5.08. The largest absolute Gasteiger partial charge is 0.467 e. The van der Waals surface area contributed by atoms with E-state index in [4.69, 9.17) is 4.42 Å². The van der Waals surface area contributed by atoms with Gasteiger partial charge in [0.15, 0.2) is 0 Å². The second-order valence-electron chi connectivity index (χ2n) is 5.68. The number of aromatic nitrogens is 1. The minimum absolute atomic E-state index is 0.0857. The van der Waals surface area contributed by atoms with Crippen LogP contribution in [0.1, 0.15) is 24.2 Å². The van der Waals surface area contributed by atoms with Gasteiger partial charge in [-0.3, -0.25) is 19.5 Å². The predicted molar refractivity (Wildman–Crippen MR) is 86.9 cm³/mol. The van der Waals surface area contributed by atoms with Gasteiger partial charge in [-0.25, -0.2) is 4.79 Å². The van der Waals surface area contributed by atoms with Crippen LogP contribution in [0.4, 0.5) is 4.79 Å². The van der Waals surface area contributed by atoms with Crippen LogP contribution < -0.4 is 10.6 Å². The summed E-state index contributed by atoms with van der Waals surface area (Å²) in [5, 5.41) is 5.38. The maximum absolute atomic E-state index is 12.3. The number of carbonyl (C=O) groups excluding carboxylic acids is 3. The quantitative estimate of drug-likeness (QED) is 0.736. The second-order valence-corrected chi connectivity index (χ2v) is 5.68. The van der Waals surface area contributed by atoms with Gasteiger partial charge in [0.2, 0.25) is 5.91 Å². The van der Waals surface area contributed by atoms with Crippen LogP contribution in [0.5, 0.6) is 0 Å². The molecule has 0 radical (unpaired) electrons. The molecule has 130 valence electrons. The van der Waals surface area contributed by atoms with E-state index in [1.165, 1.54) is 6.26 Å². The maximum atomic E-state index is 12.3. The molecule has 2 aromatic rings. The smallest absolute Gasteiger partial charge is 0.325 e. The molecule has 2 N–H and O–H groups in total. The number of nitrogens with one attached hydrogen (secondary N) is 2. The number of nitrogens with zero attached hydrogens (tertiary/aromatic N) is 2. The van der Waals surface area contributed by atoms with Crippen molar-refractivity contribution in [2.24, 2.45) is 0 Å². The molecule has 0 aromatic carbocycles. The van der Waals surface area contributed by atoms with Gasteiger partial charge in [-0.2, -0.15) is 0 Å². The van der Waals surface area contributed by atoms with Crippen molar-refractivity contribution in [3.05, 3.63) is 54.2 Å². The van der Waals surface area contributed by atoms with Gasteiger partial charge >= 0.3 is 6.03 Å². The van der Waals surface area contributed by atoms with Gasteiger partial charge < -0.3 is 15.1 Å². The monoisotopic (exact) mass is 342 g/mol. The molecule has 0 aliphatic carbocycles. The molecule has 8 nitrogen and oxygen atoms in total. The summed E-state index contributed by atoms with van der Waals surface area (Å²) >= 11 is 0. The highest BCUT2D eigenvalue weighted by Gasteiger charge is 2.38. The number of urea groups is 1. The van der Waals surface area contributed by atoms with E-state index in [0.717, 1.165) is 10.5 Å². The van der Waals surface area contributed by atoms with Crippen molar-refractivity contribution in [3.8, 4) is 0 Å². The van der Waals surface area contributed by atoms with Crippen LogP contribution in [0.25, 0.3) is 0 Å². The van der Waals surface area contributed by atoms with Gasteiger partial charge in [-0.15, -0.1) is 0 Å². The van der Waals surface area contributed by atoms with Crippen LogP contribution >= 0.6 is 0 Å². The number of hydrogen-bond donors (Lipinski definition) is 2. The Balaban J connectivity index is 1.46. The third-order valence-corrected chi connectivity index (χ3v) is 3.90. The Bertz CT molecular complexity index is 745. The molecule has 0 bridgehead atoms. The molecule has 0 spiro atoms. The van der Waals surface area contributed by atoms with Gasteiger partial charge in [-0.05, 0) is 36.2 Å². The summed E-state index contributed by atoms with van der Waals surface area (Å²) in [7, 11) is 0. The Labute approximate surface area is 144 Å². The number of amides is 4. The van der Waals surface area contributed by atoms with E-state index < -0.39 is 12.1 Å². The standard InChI is InChI=1S/C17H18N4O4/c22-15(19-10-12-5-7-18-8-6-12)4-3-14-16(23)21(17(24)20-14)11-13-2-1-9-25-13/h1-2,5-9,14H,3-4,10-11H2,(H,19,22)(H,20,24)/t14-/m1/s1. The van der Waals surface area contributed by atoms with Crippen LogP contribution in [0.3, 0.4) is 0 Å². The van der Waals surface area contributed by atoms with Crippen LogP contribution in [-0.2, 0) is 22.7 Å². The summed E-state index contributed by atoms with van der Waals surface area (Å²) in [6.45, 7) is 0.485. The number of carbonyl (C=O) groups is 3. The molecule has 4 amide bonds. The zero-order valence-electron chi connectivity index (χ0n) is 13.5. The lowest BCUT2D eigenvalue weighted by Crippen LogP contribution is -2.32. The van der Waals surface area contributed by atoms with Crippen molar-refractivity contribution >= 4 is 17.8 Å². The van der Waals surface area contributed by atoms with E-state index in [9.17, 15) is 14.4 Å². The van der Waals surface area contributed by atoms with E-state index in [2.05, 4.69) is 15.6 Å². The number of hydrogen-bond acceptors (Lipinski definition) is 5. The minimum atomic E-state index is -0.686. The lowest BCUT2D eigenvalue weighted by Gasteiger charge is -2.11. The third kappa shape index (κ3) is 4.23. The number of rotatable bonds is 7. The van der Waals surface area contributed by atoms with Crippen molar-refractivity contribution in [1.29, 1.82) is 0 Å². The molecular formula is C17H18N4O4. The average molecular weight is 342 g/mol. The van der Waals surface area contributed by atoms with E-state index in [0.29, 0.717) is 12.3 Å². The van der Waals surface area contributed by atoms with Crippen LogP contribution in [0.2, 0.25) is 0 Å². The summed E-state index contributed by atoms with van der Waals surface area (Å²) < 4.78 is 5.16. The fourth-order valence-corrected chi connectivity index (χ4v) is 2.55. The van der Waals surface area contributed by atoms with Gasteiger partial charge in [0.05, 0.1) is 12.8 Å². The first-order valence-electron chi connectivity index (χ1n) is 7.93.